The molecule has 0 bridgehead atoms. The molecule has 278 valence electrons. The monoisotopic (exact) mass is 752 g/mol. The Morgan fingerprint density at radius 3 is 2.17 bits per heavy atom. The number of morpholine rings is 1. The third-order valence-electron chi connectivity index (χ3n) is 7.82. The number of pyridine rings is 1. The first kappa shape index (κ1) is 38.4. The van der Waals surface area contributed by atoms with Gasteiger partial charge in [-0.3, -0.25) is 19.3 Å². The van der Waals surface area contributed by atoms with E-state index in [4.69, 9.17) is 14.6 Å². The molecular weight excluding hydrogens is 717 g/mol. The standard InChI is InChI=1S/C33H34N8O4S.C2HF3O2/c1-39-20-25(17-28(39)32(43)34-11-12-41-13-15-45-16-14-41)37-33(44)29-18-24(19-40(29)2)36-31(42)27-21-46-30(38-27)10-9-23-8-7-22-5-3-4-6-26(22)35-23;3-2(4,5)1(6)7/h3-10,17-21H,11-16H2,1-2H3,(H,34,43)(H,36,42)(H,37,44);(H,6,7)/b10-9+;. The number of halogens is 3. The Kier molecular flexibility index (Phi) is 12.4. The molecule has 6 rings (SSSR count). The van der Waals surface area contributed by atoms with Crippen LogP contribution in [0.2, 0.25) is 0 Å². The van der Waals surface area contributed by atoms with Crippen molar-refractivity contribution < 1.29 is 42.2 Å². The molecule has 1 aliphatic heterocycles. The molecule has 5 aromatic rings. The fraction of sp³-hybridized carbons (Fsp3) is 0.257. The molecule has 3 amide bonds. The maximum atomic E-state index is 13.1. The summed E-state index contributed by atoms with van der Waals surface area (Å²) in [6, 6.07) is 15.1. The maximum Gasteiger partial charge on any atom is 0.490 e. The van der Waals surface area contributed by atoms with E-state index in [1.54, 1.807) is 53.1 Å². The molecule has 14 nitrogen and oxygen atoms in total. The number of carbonyl (C=O) groups excluding carboxylic acids is 3. The van der Waals surface area contributed by atoms with E-state index in [0.29, 0.717) is 47.5 Å². The SMILES string of the molecule is Cn1cc(NC(=O)c2cc(NC(=O)c3csc(/C=C/c4ccc5ccccc5n4)n3)cn2C)cc1C(=O)NCCN1CCOCC1.O=C(O)C(F)(F)F. The number of hydrogen-bond acceptors (Lipinski definition) is 9. The lowest BCUT2D eigenvalue weighted by molar-refractivity contribution is -0.192. The molecule has 0 atom stereocenters. The molecule has 5 heterocycles. The number of nitrogens with zero attached hydrogens (tertiary/aromatic N) is 5. The zero-order valence-corrected chi connectivity index (χ0v) is 29.3. The van der Waals surface area contributed by atoms with E-state index in [1.807, 2.05) is 48.6 Å². The minimum atomic E-state index is -5.08. The number of hydrogen-bond donors (Lipinski definition) is 4. The first-order valence-electron chi connectivity index (χ1n) is 16.1. The second kappa shape index (κ2) is 17.1. The highest BCUT2D eigenvalue weighted by atomic mass is 32.1. The van der Waals surface area contributed by atoms with Crippen molar-refractivity contribution in [1.29, 1.82) is 0 Å². The van der Waals surface area contributed by atoms with Gasteiger partial charge in [0.15, 0.2) is 0 Å². The molecule has 0 saturated carbocycles. The lowest BCUT2D eigenvalue weighted by Gasteiger charge is -2.26. The Labute approximate surface area is 304 Å². The van der Waals surface area contributed by atoms with Gasteiger partial charge >= 0.3 is 12.1 Å². The van der Waals surface area contributed by atoms with Crippen LogP contribution in [0.25, 0.3) is 23.1 Å². The quantitative estimate of drug-likeness (QED) is 0.157. The summed E-state index contributed by atoms with van der Waals surface area (Å²) in [6.45, 7) is 4.40. The van der Waals surface area contributed by atoms with Crippen LogP contribution in [-0.2, 0) is 23.6 Å². The number of para-hydroxylation sites is 1. The van der Waals surface area contributed by atoms with Gasteiger partial charge in [0.05, 0.1) is 35.8 Å². The fourth-order valence-corrected chi connectivity index (χ4v) is 5.84. The topological polar surface area (TPSA) is 173 Å². The Hall–Kier alpha value is -5.85. The Morgan fingerprint density at radius 2 is 1.51 bits per heavy atom. The number of anilines is 2. The smallest absolute Gasteiger partial charge is 0.475 e. The highest BCUT2D eigenvalue weighted by Crippen LogP contribution is 2.20. The molecule has 53 heavy (non-hydrogen) atoms. The Morgan fingerprint density at radius 1 is 0.887 bits per heavy atom. The number of carboxylic acid groups (broad SMARTS) is 1. The number of fused-ring (bicyclic) bond motifs is 1. The van der Waals surface area contributed by atoms with Crippen molar-refractivity contribution in [2.45, 2.75) is 6.18 Å². The van der Waals surface area contributed by atoms with Crippen LogP contribution >= 0.6 is 11.3 Å². The minimum Gasteiger partial charge on any atom is -0.475 e. The third kappa shape index (κ3) is 10.6. The number of thiazole rings is 1. The number of alkyl halides is 3. The van der Waals surface area contributed by atoms with Crippen molar-refractivity contribution in [2.75, 3.05) is 50.0 Å². The number of carboxylic acids is 1. The summed E-state index contributed by atoms with van der Waals surface area (Å²) < 4.78 is 40.4. The Bertz CT molecular complexity index is 2130. The van der Waals surface area contributed by atoms with Gasteiger partial charge in [-0.1, -0.05) is 24.3 Å². The molecule has 1 aromatic carbocycles. The highest BCUT2D eigenvalue weighted by Gasteiger charge is 2.38. The zero-order chi connectivity index (χ0) is 38.1. The normalized spacial score (nSPS) is 13.4. The van der Waals surface area contributed by atoms with E-state index in [1.165, 1.54) is 11.3 Å². The highest BCUT2D eigenvalue weighted by molar-refractivity contribution is 7.10. The lowest BCUT2D eigenvalue weighted by Crippen LogP contribution is -2.41. The second-order valence-electron chi connectivity index (χ2n) is 11.7. The number of nitrogens with one attached hydrogen (secondary N) is 3. The summed E-state index contributed by atoms with van der Waals surface area (Å²) >= 11 is 1.35. The van der Waals surface area contributed by atoms with Crippen LogP contribution in [-0.4, -0.2) is 98.4 Å². The summed E-state index contributed by atoms with van der Waals surface area (Å²) in [7, 11) is 3.47. The van der Waals surface area contributed by atoms with Crippen LogP contribution in [0.3, 0.4) is 0 Å². The van der Waals surface area contributed by atoms with Gasteiger partial charge in [0, 0.05) is 63.4 Å². The average Bonchev–Trinajstić information content (AvgIpc) is 3.85. The number of rotatable bonds is 10. The van der Waals surface area contributed by atoms with E-state index in [9.17, 15) is 27.6 Å². The molecule has 18 heteroatoms. The average molecular weight is 753 g/mol. The van der Waals surface area contributed by atoms with Gasteiger partial charge in [0.25, 0.3) is 17.7 Å². The summed E-state index contributed by atoms with van der Waals surface area (Å²) in [5.41, 5.74) is 3.68. The third-order valence-corrected chi connectivity index (χ3v) is 8.63. The van der Waals surface area contributed by atoms with Gasteiger partial charge in [-0.15, -0.1) is 11.3 Å². The van der Waals surface area contributed by atoms with E-state index in [2.05, 4.69) is 30.8 Å². The summed E-state index contributed by atoms with van der Waals surface area (Å²) in [5, 5.41) is 19.1. The van der Waals surface area contributed by atoms with Gasteiger partial charge in [-0.05, 0) is 36.4 Å². The number of amides is 3. The number of carbonyl (C=O) groups is 4. The van der Waals surface area contributed by atoms with Gasteiger partial charge in [-0.2, -0.15) is 13.2 Å². The molecule has 0 radical (unpaired) electrons. The van der Waals surface area contributed by atoms with E-state index < -0.39 is 12.1 Å². The van der Waals surface area contributed by atoms with Gasteiger partial charge in [-0.25, -0.2) is 14.8 Å². The number of ether oxygens (including phenoxy) is 1. The van der Waals surface area contributed by atoms with Crippen molar-refractivity contribution in [1.82, 2.24) is 29.3 Å². The number of aliphatic carboxylic acids is 1. The lowest BCUT2D eigenvalue weighted by atomic mass is 10.2. The van der Waals surface area contributed by atoms with E-state index in [0.717, 1.165) is 36.2 Å². The molecule has 0 spiro atoms. The van der Waals surface area contributed by atoms with Crippen molar-refractivity contribution >= 4 is 69.5 Å². The van der Waals surface area contributed by atoms with Gasteiger partial charge < -0.3 is 34.9 Å². The minimum absolute atomic E-state index is 0.217. The van der Waals surface area contributed by atoms with Crippen molar-refractivity contribution in [3.63, 3.8) is 0 Å². The van der Waals surface area contributed by atoms with E-state index in [-0.39, 0.29) is 23.4 Å². The predicted octanol–water partition coefficient (Wildman–Crippen LogP) is 4.74. The molecule has 4 aromatic heterocycles. The molecule has 1 aliphatic rings. The summed E-state index contributed by atoms with van der Waals surface area (Å²) in [5.74, 6) is -3.74. The summed E-state index contributed by atoms with van der Waals surface area (Å²) in [6.07, 6.45) is 1.95. The molecule has 0 aliphatic carbocycles. The van der Waals surface area contributed by atoms with Crippen molar-refractivity contribution in [3.05, 3.63) is 94.1 Å². The van der Waals surface area contributed by atoms with Crippen LogP contribution in [0.4, 0.5) is 24.5 Å². The second-order valence-corrected chi connectivity index (χ2v) is 12.6. The molecule has 1 fully saturated rings. The van der Waals surface area contributed by atoms with Crippen molar-refractivity contribution in [3.8, 4) is 0 Å². The number of aryl methyl sites for hydroxylation is 2. The van der Waals surface area contributed by atoms with Crippen LogP contribution in [0.1, 0.15) is 42.2 Å². The maximum absolute atomic E-state index is 13.1. The number of benzene rings is 1. The first-order valence-corrected chi connectivity index (χ1v) is 17.0. The summed E-state index contributed by atoms with van der Waals surface area (Å²) in [4.78, 5) is 59.0. The van der Waals surface area contributed by atoms with Gasteiger partial charge in [0.1, 0.15) is 22.1 Å². The van der Waals surface area contributed by atoms with Gasteiger partial charge in [0.2, 0.25) is 0 Å². The Balaban J connectivity index is 0.000000705. The largest absolute Gasteiger partial charge is 0.490 e. The first-order chi connectivity index (χ1) is 25.3. The van der Waals surface area contributed by atoms with Crippen LogP contribution in [0.15, 0.2) is 66.3 Å². The molecule has 4 N–H and O–H groups in total. The molecular formula is C35H35F3N8O6S. The predicted molar refractivity (Wildman–Crippen MR) is 193 cm³/mol. The fourth-order valence-electron chi connectivity index (χ4n) is 5.15. The van der Waals surface area contributed by atoms with Crippen LogP contribution in [0, 0.1) is 0 Å². The number of aromatic nitrogens is 4. The van der Waals surface area contributed by atoms with Crippen LogP contribution in [0.5, 0.6) is 0 Å². The van der Waals surface area contributed by atoms with Crippen molar-refractivity contribution in [2.24, 2.45) is 14.1 Å². The molecule has 1 saturated heterocycles. The van der Waals surface area contributed by atoms with E-state index >= 15 is 0 Å². The zero-order valence-electron chi connectivity index (χ0n) is 28.5. The molecule has 0 unspecified atom stereocenters. The van der Waals surface area contributed by atoms with Crippen LogP contribution < -0.4 is 16.0 Å².